The average Bonchev–Trinajstić information content (AvgIpc) is 3.22. The summed E-state index contributed by atoms with van der Waals surface area (Å²) in [5.41, 5.74) is 0. The van der Waals surface area contributed by atoms with Gasteiger partial charge < -0.3 is 25.2 Å². The Labute approximate surface area is 366 Å². The molecule has 4 N–H and O–H groups in total. The molecule has 12 heteroatoms. The molecule has 0 aromatic carbocycles. The number of carboxylic acid groups (broad SMARTS) is 1. The number of aliphatic carboxylic acids is 1. The van der Waals surface area contributed by atoms with Gasteiger partial charge in [-0.1, -0.05) is 199 Å². The smallest absolute Gasteiger partial charge is 0.472 e. The topological polar surface area (TPSA) is 169 Å². The predicted octanol–water partition coefficient (Wildman–Crippen LogP) is 13.0. The number of carbonyl (C=O) groups is 3. The zero-order valence-corrected chi connectivity index (χ0v) is 39.2. The molecule has 0 aromatic heterocycles. The van der Waals surface area contributed by atoms with Gasteiger partial charge in [-0.05, 0) is 44.9 Å². The van der Waals surface area contributed by atoms with Crippen molar-refractivity contribution in [1.29, 1.82) is 0 Å². The van der Waals surface area contributed by atoms with Crippen LogP contribution in [0.1, 0.15) is 232 Å². The number of phosphoric ester groups is 1. The van der Waals surface area contributed by atoms with Crippen LogP contribution in [0.5, 0.6) is 0 Å². The van der Waals surface area contributed by atoms with Gasteiger partial charge in [0, 0.05) is 12.8 Å². The molecule has 0 saturated heterocycles. The first-order valence-electron chi connectivity index (χ1n) is 24.4. The summed E-state index contributed by atoms with van der Waals surface area (Å²) in [7, 11) is -4.76. The molecule has 0 aliphatic carbocycles. The van der Waals surface area contributed by atoms with E-state index < -0.39 is 57.6 Å². The van der Waals surface area contributed by atoms with Crippen molar-refractivity contribution in [2.45, 2.75) is 244 Å². The van der Waals surface area contributed by atoms with Gasteiger partial charge in [0.25, 0.3) is 0 Å². The molecule has 0 bridgehead atoms. The van der Waals surface area contributed by atoms with Crippen LogP contribution in [0.3, 0.4) is 0 Å². The number of esters is 1. The Balaban J connectivity index is 3.82. The van der Waals surface area contributed by atoms with Gasteiger partial charge >= 0.3 is 19.8 Å². The van der Waals surface area contributed by atoms with Gasteiger partial charge in [0.05, 0.1) is 13.2 Å². The maximum Gasteiger partial charge on any atom is 0.472 e. The molecule has 3 atom stereocenters. The second kappa shape index (κ2) is 43.6. The number of nitrogens with one attached hydrogen (secondary N) is 1. The van der Waals surface area contributed by atoms with E-state index in [0.29, 0.717) is 12.8 Å². The largest absolute Gasteiger partial charge is 0.480 e. The van der Waals surface area contributed by atoms with E-state index in [-0.39, 0.29) is 12.8 Å². The van der Waals surface area contributed by atoms with Gasteiger partial charge in [0.15, 0.2) is 6.04 Å². The van der Waals surface area contributed by atoms with Crippen molar-refractivity contribution in [1.82, 2.24) is 5.32 Å². The Kier molecular flexibility index (Phi) is 42.1. The molecule has 60 heavy (non-hydrogen) atoms. The minimum Gasteiger partial charge on any atom is -0.480 e. The van der Waals surface area contributed by atoms with Crippen LogP contribution < -0.4 is 5.32 Å². The first kappa shape index (κ1) is 58.0. The van der Waals surface area contributed by atoms with Gasteiger partial charge in [-0.2, -0.15) is 0 Å². The highest BCUT2D eigenvalue weighted by molar-refractivity contribution is 7.47. The fourth-order valence-electron chi connectivity index (χ4n) is 6.94. The number of hydrogen-bond acceptors (Lipinski definition) is 8. The Morgan fingerprint density at radius 3 is 1.38 bits per heavy atom. The minimum absolute atomic E-state index is 0.131. The summed E-state index contributed by atoms with van der Waals surface area (Å²) in [6, 6.07) is -1.55. The number of hydrogen-bond donors (Lipinski definition) is 4. The number of phosphoric acid groups is 1. The summed E-state index contributed by atoms with van der Waals surface area (Å²) in [5, 5.41) is 21.9. The van der Waals surface area contributed by atoms with Crippen molar-refractivity contribution in [3.05, 3.63) is 24.3 Å². The SMILES string of the molecule is CCCCC/C=C\C/C=C\CCCCCCCC(=O)NC(COP(=O)(O)OCC(O)COC(=O)CCCCCCCCCCCCCCCCCCCCCCC)C(=O)O. The van der Waals surface area contributed by atoms with Gasteiger partial charge in [0.1, 0.15) is 12.7 Å². The third-order valence-corrected chi connectivity index (χ3v) is 11.7. The molecule has 0 rings (SSSR count). The Bertz CT molecular complexity index is 1120. The number of rotatable bonds is 46. The predicted molar refractivity (Wildman–Crippen MR) is 245 cm³/mol. The molecule has 0 spiro atoms. The third kappa shape index (κ3) is 42.6. The highest BCUT2D eigenvalue weighted by atomic mass is 31.2. The normalized spacial score (nSPS) is 13.8. The summed E-state index contributed by atoms with van der Waals surface area (Å²) in [5.74, 6) is -2.38. The van der Waals surface area contributed by atoms with Crippen LogP contribution in [0.2, 0.25) is 0 Å². The van der Waals surface area contributed by atoms with Gasteiger partial charge in [0.2, 0.25) is 5.91 Å². The molecule has 0 saturated carbocycles. The number of carbonyl (C=O) groups excluding carboxylic acids is 2. The monoisotopic (exact) mass is 872 g/mol. The molecule has 0 aliphatic heterocycles. The second-order valence-corrected chi connectivity index (χ2v) is 18.1. The molecule has 0 aromatic rings. The molecule has 0 radical (unpaired) electrons. The zero-order valence-electron chi connectivity index (χ0n) is 38.3. The maximum atomic E-state index is 12.3. The van der Waals surface area contributed by atoms with Gasteiger partial charge in [-0.25, -0.2) is 9.36 Å². The van der Waals surface area contributed by atoms with Crippen molar-refractivity contribution in [3.63, 3.8) is 0 Å². The number of aliphatic hydroxyl groups is 1. The first-order chi connectivity index (χ1) is 29.1. The van der Waals surface area contributed by atoms with Crippen molar-refractivity contribution in [3.8, 4) is 0 Å². The van der Waals surface area contributed by atoms with Crippen LogP contribution in [0, 0.1) is 0 Å². The van der Waals surface area contributed by atoms with Crippen LogP contribution in [0.15, 0.2) is 24.3 Å². The summed E-state index contributed by atoms with van der Waals surface area (Å²) in [4.78, 5) is 46.0. The third-order valence-electron chi connectivity index (χ3n) is 10.7. The molecule has 11 nitrogen and oxygen atoms in total. The van der Waals surface area contributed by atoms with E-state index >= 15 is 0 Å². The van der Waals surface area contributed by atoms with Crippen LogP contribution >= 0.6 is 7.82 Å². The lowest BCUT2D eigenvalue weighted by Crippen LogP contribution is -2.43. The van der Waals surface area contributed by atoms with Gasteiger partial charge in [-0.3, -0.25) is 18.6 Å². The van der Waals surface area contributed by atoms with Gasteiger partial charge in [-0.15, -0.1) is 0 Å². The molecule has 0 heterocycles. The zero-order chi connectivity index (χ0) is 44.2. The Morgan fingerprint density at radius 1 is 0.533 bits per heavy atom. The Morgan fingerprint density at radius 2 is 0.917 bits per heavy atom. The number of aliphatic hydroxyl groups excluding tert-OH is 1. The molecule has 1 amide bonds. The van der Waals surface area contributed by atoms with E-state index in [1.165, 1.54) is 128 Å². The van der Waals surface area contributed by atoms with Crippen molar-refractivity contribution in [2.24, 2.45) is 0 Å². The second-order valence-electron chi connectivity index (χ2n) is 16.7. The lowest BCUT2D eigenvalue weighted by molar-refractivity contribution is -0.147. The van der Waals surface area contributed by atoms with E-state index in [1.54, 1.807) is 0 Å². The van der Waals surface area contributed by atoms with E-state index in [9.17, 15) is 34.1 Å². The molecule has 3 unspecified atom stereocenters. The number of allylic oxidation sites excluding steroid dienone is 4. The molecule has 0 aliphatic rings. The summed E-state index contributed by atoms with van der Waals surface area (Å²) >= 11 is 0. The van der Waals surface area contributed by atoms with E-state index in [4.69, 9.17) is 13.8 Å². The van der Waals surface area contributed by atoms with Crippen LogP contribution in [-0.4, -0.2) is 64.9 Å². The molecule has 352 valence electrons. The number of unbranched alkanes of at least 4 members (excludes halogenated alkanes) is 28. The minimum atomic E-state index is -4.76. The van der Waals surface area contributed by atoms with Crippen LogP contribution in [0.25, 0.3) is 0 Å². The summed E-state index contributed by atoms with van der Waals surface area (Å²) < 4.78 is 26.9. The van der Waals surface area contributed by atoms with E-state index in [1.807, 2.05) is 0 Å². The number of amides is 1. The summed E-state index contributed by atoms with van der Waals surface area (Å²) in [6.07, 6.45) is 46.3. The summed E-state index contributed by atoms with van der Waals surface area (Å²) in [6.45, 7) is 2.59. The molecular formula is C48H90NO10P. The van der Waals surface area contributed by atoms with Crippen LogP contribution in [0.4, 0.5) is 0 Å². The fourth-order valence-corrected chi connectivity index (χ4v) is 7.71. The van der Waals surface area contributed by atoms with Crippen molar-refractivity contribution in [2.75, 3.05) is 19.8 Å². The van der Waals surface area contributed by atoms with Crippen molar-refractivity contribution < 1.29 is 47.8 Å². The maximum absolute atomic E-state index is 12.3. The molecule has 0 fully saturated rings. The highest BCUT2D eigenvalue weighted by Gasteiger charge is 2.28. The lowest BCUT2D eigenvalue weighted by atomic mass is 10.0. The Hall–Kier alpha value is -2.04. The highest BCUT2D eigenvalue weighted by Crippen LogP contribution is 2.43. The van der Waals surface area contributed by atoms with E-state index in [2.05, 4.69) is 43.5 Å². The average molecular weight is 872 g/mol. The first-order valence-corrected chi connectivity index (χ1v) is 25.9. The standard InChI is InChI=1S/C48H90NO10P/c1-3-5-7-9-11-13-15-17-19-20-21-22-23-24-26-28-30-32-34-36-38-40-47(52)57-41-44(50)42-58-60(55,56)59-43-45(48(53)54)49-46(51)39-37-35-33-31-29-27-25-18-16-14-12-10-8-6-4-2/h12,14,18,25,44-45,50H,3-11,13,15-17,19-24,26-43H2,1-2H3,(H,49,51)(H,53,54)(H,55,56)/b14-12-,25-18-. The number of ether oxygens (including phenoxy) is 1. The van der Waals surface area contributed by atoms with E-state index in [0.717, 1.165) is 64.2 Å². The molecular weight excluding hydrogens is 781 g/mol. The number of carboxylic acids is 1. The quantitative estimate of drug-likeness (QED) is 0.0200. The van der Waals surface area contributed by atoms with Crippen molar-refractivity contribution >= 4 is 25.7 Å². The fraction of sp³-hybridized carbons (Fsp3) is 0.854. The lowest BCUT2D eigenvalue weighted by Gasteiger charge is -2.18. The van der Waals surface area contributed by atoms with Crippen LogP contribution in [-0.2, 0) is 32.7 Å².